The first-order valence-electron chi connectivity index (χ1n) is 9.00. The van der Waals surface area contributed by atoms with Gasteiger partial charge >= 0.3 is 5.97 Å². The van der Waals surface area contributed by atoms with Crippen molar-refractivity contribution in [3.63, 3.8) is 0 Å². The molecule has 2 saturated heterocycles. The zero-order chi connectivity index (χ0) is 23.0. The van der Waals surface area contributed by atoms with Gasteiger partial charge in [-0.15, -0.1) is 22.0 Å². The molecule has 0 spiro atoms. The minimum Gasteiger partial charge on any atom is -0.481 e. The summed E-state index contributed by atoms with van der Waals surface area (Å²) in [4.78, 5) is 53.2. The summed E-state index contributed by atoms with van der Waals surface area (Å²) in [6.07, 6.45) is -1.28. The van der Waals surface area contributed by atoms with Crippen molar-refractivity contribution in [2.45, 2.75) is 21.9 Å². The van der Waals surface area contributed by atoms with E-state index in [0.717, 1.165) is 11.3 Å². The maximum absolute atomic E-state index is 12.7. The number of amides is 2. The van der Waals surface area contributed by atoms with Crippen LogP contribution in [0.4, 0.5) is 5.00 Å². The summed E-state index contributed by atoms with van der Waals surface area (Å²) in [5, 5.41) is 29.8. The van der Waals surface area contributed by atoms with E-state index in [1.165, 1.54) is 39.8 Å². The molecule has 0 bridgehead atoms. The molecule has 4 atom stereocenters. The molecule has 12 nitrogen and oxygen atoms in total. The molecule has 5 N–H and O–H groups in total. The monoisotopic (exact) mass is 516 g/mol. The van der Waals surface area contributed by atoms with Gasteiger partial charge in [0.2, 0.25) is 5.91 Å². The fourth-order valence-electron chi connectivity index (χ4n) is 3.30. The summed E-state index contributed by atoms with van der Waals surface area (Å²) in [7, 11) is 0. The Morgan fingerprint density at radius 2 is 2.28 bits per heavy atom. The molecule has 2 aliphatic rings. The van der Waals surface area contributed by atoms with Crippen LogP contribution in [-0.4, -0.2) is 83.8 Å². The highest BCUT2D eigenvalue weighted by Crippen LogP contribution is 2.44. The first-order valence-corrected chi connectivity index (χ1v) is 12.7. The van der Waals surface area contributed by atoms with E-state index in [1.807, 2.05) is 0 Å². The molecule has 0 saturated carbocycles. The lowest BCUT2D eigenvalue weighted by atomic mass is 9.89. The number of β-lactam (4-membered cyclic amide) rings is 1. The number of hydrogen-bond donors (Lipinski definition) is 4. The van der Waals surface area contributed by atoms with E-state index < -0.39 is 40.7 Å². The van der Waals surface area contributed by atoms with Crippen molar-refractivity contribution in [2.75, 3.05) is 23.8 Å². The van der Waals surface area contributed by atoms with E-state index in [9.17, 15) is 29.4 Å². The number of rotatable bonds is 8. The number of aliphatic hydroxyl groups excluding tert-OH is 1. The summed E-state index contributed by atoms with van der Waals surface area (Å²) in [6, 6.07) is -0.907. The Bertz CT molecular complexity index is 1060. The largest absolute Gasteiger partial charge is 0.481 e. The lowest BCUT2D eigenvalue weighted by Gasteiger charge is -2.53. The third-order valence-electron chi connectivity index (χ3n) is 5.01. The predicted octanol–water partition coefficient (Wildman–Crippen LogP) is -0.314. The Hall–Kier alpha value is -2.27. The smallest absolute Gasteiger partial charge is 0.313 e. The summed E-state index contributed by atoms with van der Waals surface area (Å²) < 4.78 is 0.644. The summed E-state index contributed by atoms with van der Waals surface area (Å²) in [6.45, 7) is 0.00128. The normalized spacial score (nSPS) is 25.5. The van der Waals surface area contributed by atoms with Crippen LogP contribution in [0.5, 0.6) is 0 Å². The van der Waals surface area contributed by atoms with Crippen molar-refractivity contribution >= 4 is 75.3 Å². The second kappa shape index (κ2) is 8.93. The number of aldehydes is 1. The molecule has 2 aromatic rings. The van der Waals surface area contributed by atoms with Crippen LogP contribution in [-0.2, 0) is 14.4 Å². The molecule has 2 fully saturated rings. The molecule has 3 unspecified atom stereocenters. The number of aliphatic carboxylic acids is 1. The summed E-state index contributed by atoms with van der Waals surface area (Å²) in [5.41, 5.74) is 5.95. The van der Waals surface area contributed by atoms with E-state index >= 15 is 0 Å². The van der Waals surface area contributed by atoms with Gasteiger partial charge < -0.3 is 26.2 Å². The Labute approximate surface area is 197 Å². The highest BCUT2D eigenvalue weighted by molar-refractivity contribution is 8.01. The number of carboxylic acids is 1. The molecule has 2 aromatic heterocycles. The number of fused-ring (bicyclic) bond motifs is 1. The highest BCUT2D eigenvalue weighted by atomic mass is 32.2. The van der Waals surface area contributed by atoms with Gasteiger partial charge in [0, 0.05) is 18.1 Å². The van der Waals surface area contributed by atoms with Crippen LogP contribution in [0.2, 0.25) is 0 Å². The van der Waals surface area contributed by atoms with Gasteiger partial charge in [0.1, 0.15) is 33.0 Å². The molecule has 16 heteroatoms. The quantitative estimate of drug-likeness (QED) is 0.204. The second-order valence-corrected chi connectivity index (χ2v) is 11.3. The van der Waals surface area contributed by atoms with Crippen molar-refractivity contribution < 1.29 is 29.4 Å². The van der Waals surface area contributed by atoms with Crippen LogP contribution in [0.15, 0.2) is 9.85 Å². The Balaban J connectivity index is 1.40. The topological polar surface area (TPSA) is 189 Å². The number of carbonyl (C=O) groups excluding carboxylic acids is 3. The van der Waals surface area contributed by atoms with Crippen LogP contribution in [0.25, 0.3) is 0 Å². The molecule has 170 valence electrons. The van der Waals surface area contributed by atoms with Gasteiger partial charge in [-0.05, 0) is 0 Å². The fraction of sp³-hybridized carbons (Fsp3) is 0.438. The Kier molecular flexibility index (Phi) is 6.39. The van der Waals surface area contributed by atoms with Crippen molar-refractivity contribution in [3.05, 3.63) is 16.2 Å². The number of hydrogen-bond acceptors (Lipinski definition) is 13. The third kappa shape index (κ3) is 4.07. The molecular formula is C16H16N6O6S4. The number of carboxylic acid groups (broad SMARTS) is 1. The van der Waals surface area contributed by atoms with Crippen molar-refractivity contribution in [1.29, 1.82) is 0 Å². The van der Waals surface area contributed by atoms with Gasteiger partial charge in [0.15, 0.2) is 21.7 Å². The van der Waals surface area contributed by atoms with E-state index in [0.29, 0.717) is 10.6 Å². The van der Waals surface area contributed by atoms with Crippen LogP contribution in [0.3, 0.4) is 0 Å². The summed E-state index contributed by atoms with van der Waals surface area (Å²) in [5.74, 6) is -1.87. The Morgan fingerprint density at radius 1 is 1.50 bits per heavy atom. The third-order valence-corrected chi connectivity index (χ3v) is 9.58. The maximum Gasteiger partial charge on any atom is 0.313 e. The highest BCUT2D eigenvalue weighted by Gasteiger charge is 2.57. The number of aliphatic hydroxyl groups is 1. The molecule has 2 aliphatic heterocycles. The fourth-order valence-corrected chi connectivity index (χ4v) is 7.32. The van der Waals surface area contributed by atoms with Gasteiger partial charge in [-0.25, -0.2) is 4.98 Å². The number of nitrogens with zero attached hydrogens (tertiary/aromatic N) is 4. The first kappa shape index (κ1) is 22.9. The second-order valence-electron chi connectivity index (χ2n) is 7.05. The average molecular weight is 517 g/mol. The number of nitrogens with two attached hydrogens (primary N) is 1. The minimum absolute atomic E-state index is 0.00128. The molecule has 32 heavy (non-hydrogen) atoms. The number of nitrogen functional groups attached to an aromatic ring is 1. The van der Waals surface area contributed by atoms with Crippen molar-refractivity contribution in [2.24, 2.45) is 5.41 Å². The average Bonchev–Trinajstić information content (AvgIpc) is 3.44. The van der Waals surface area contributed by atoms with E-state index in [4.69, 9.17) is 5.73 Å². The summed E-state index contributed by atoms with van der Waals surface area (Å²) >= 11 is 4.67. The molecule has 0 radical (unpaired) electrons. The van der Waals surface area contributed by atoms with Gasteiger partial charge in [0.05, 0.1) is 0 Å². The SMILES string of the molecule is Nc1sc(C=O)nc1C(O)C(=O)NC1C(=O)N2CC(CSc3nncs3)(C(=O)O)CS[C@H]12. The van der Waals surface area contributed by atoms with Gasteiger partial charge in [-0.2, -0.15) is 0 Å². The van der Waals surface area contributed by atoms with Crippen molar-refractivity contribution in [3.8, 4) is 0 Å². The number of carbonyl (C=O) groups is 4. The predicted molar refractivity (Wildman–Crippen MR) is 117 cm³/mol. The maximum atomic E-state index is 12.7. The molecular weight excluding hydrogens is 500 g/mol. The van der Waals surface area contributed by atoms with Crippen LogP contribution in [0, 0.1) is 5.41 Å². The lowest BCUT2D eigenvalue weighted by Crippen LogP contribution is -2.74. The minimum atomic E-state index is -1.74. The zero-order valence-corrected chi connectivity index (χ0v) is 19.3. The number of anilines is 1. The van der Waals surface area contributed by atoms with Gasteiger partial charge in [-0.1, -0.05) is 34.4 Å². The molecule has 0 aromatic carbocycles. The number of nitrogens with one attached hydrogen (secondary N) is 1. The van der Waals surface area contributed by atoms with Gasteiger partial charge in [0.25, 0.3) is 5.91 Å². The van der Waals surface area contributed by atoms with E-state index in [-0.39, 0.29) is 33.8 Å². The van der Waals surface area contributed by atoms with E-state index in [1.54, 1.807) is 5.51 Å². The zero-order valence-electron chi connectivity index (χ0n) is 16.0. The number of aromatic nitrogens is 3. The lowest BCUT2D eigenvalue weighted by molar-refractivity contribution is -0.158. The van der Waals surface area contributed by atoms with Crippen LogP contribution < -0.4 is 11.1 Å². The molecule has 2 amide bonds. The number of thiazole rings is 1. The van der Waals surface area contributed by atoms with E-state index in [2.05, 4.69) is 20.5 Å². The first-order chi connectivity index (χ1) is 15.3. The van der Waals surface area contributed by atoms with Crippen molar-refractivity contribution in [1.82, 2.24) is 25.4 Å². The Morgan fingerprint density at radius 3 is 2.91 bits per heavy atom. The number of thioether (sulfide) groups is 2. The van der Waals surface area contributed by atoms with Crippen LogP contribution >= 0.6 is 46.2 Å². The standard InChI is InChI=1S/C16H16N6O6S4/c17-10-7(19-6(1-23)32-10)9(24)11(25)20-8-12(26)22-2-16(14(27)28,3-29-13(8)22)4-30-15-21-18-5-31-15/h1,5,8-9,13,24H,2-4,17H2,(H,20,25)(H,27,28)/t8?,9?,13-,16?/m1/s1. The van der Waals surface area contributed by atoms with Crippen LogP contribution in [0.1, 0.15) is 21.6 Å². The molecule has 4 heterocycles. The molecule has 0 aliphatic carbocycles. The molecule has 4 rings (SSSR count). The van der Waals surface area contributed by atoms with Gasteiger partial charge in [-0.3, -0.25) is 19.2 Å².